The number of hydrogen-bond acceptors (Lipinski definition) is 3. The van der Waals surface area contributed by atoms with Crippen molar-refractivity contribution in [2.45, 2.75) is 39.2 Å². The third kappa shape index (κ3) is 4.11. The molecule has 1 fully saturated rings. The fraction of sp³-hybridized carbons (Fsp3) is 0.562. The van der Waals surface area contributed by atoms with Crippen LogP contribution in [-0.2, 0) is 4.79 Å². The van der Waals surface area contributed by atoms with Crippen LogP contribution in [0.15, 0.2) is 18.2 Å². The minimum atomic E-state index is -0.161. The van der Waals surface area contributed by atoms with Gasteiger partial charge < -0.3 is 11.1 Å². The number of nitrogen functional groups attached to an aromatic ring is 1. The highest BCUT2D eigenvalue weighted by molar-refractivity contribution is 6.31. The summed E-state index contributed by atoms with van der Waals surface area (Å²) in [7, 11) is 0. The number of hydrogen-bond donors (Lipinski definition) is 2. The number of benzene rings is 1. The number of nitrogens with one attached hydrogen (secondary N) is 1. The average molecular weight is 310 g/mol. The van der Waals surface area contributed by atoms with Crippen LogP contribution < -0.4 is 11.1 Å². The molecule has 1 aliphatic rings. The number of carbonyl (C=O) groups is 1. The van der Waals surface area contributed by atoms with Gasteiger partial charge >= 0.3 is 0 Å². The predicted molar refractivity (Wildman–Crippen MR) is 88.5 cm³/mol. The molecule has 0 saturated heterocycles. The lowest BCUT2D eigenvalue weighted by Crippen LogP contribution is -2.45. The number of amides is 1. The van der Waals surface area contributed by atoms with Gasteiger partial charge in [-0.1, -0.05) is 24.9 Å². The van der Waals surface area contributed by atoms with E-state index in [1.54, 1.807) is 18.2 Å². The second-order valence-corrected chi connectivity index (χ2v) is 6.22. The van der Waals surface area contributed by atoms with Crippen LogP contribution in [0, 0.1) is 5.92 Å². The molecule has 1 amide bonds. The van der Waals surface area contributed by atoms with Gasteiger partial charge in [0, 0.05) is 11.6 Å². The van der Waals surface area contributed by atoms with E-state index in [1.807, 2.05) is 6.92 Å². The molecule has 0 radical (unpaired) electrons. The highest BCUT2D eigenvalue weighted by atomic mass is 35.5. The molecule has 21 heavy (non-hydrogen) atoms. The van der Waals surface area contributed by atoms with Gasteiger partial charge in [-0.3, -0.25) is 9.69 Å². The van der Waals surface area contributed by atoms with Gasteiger partial charge in [0.25, 0.3) is 0 Å². The van der Waals surface area contributed by atoms with Crippen LogP contribution in [0.1, 0.15) is 33.1 Å². The zero-order valence-corrected chi connectivity index (χ0v) is 13.5. The van der Waals surface area contributed by atoms with Crippen LogP contribution in [0.3, 0.4) is 0 Å². The van der Waals surface area contributed by atoms with Crippen LogP contribution in [0.2, 0.25) is 5.02 Å². The van der Waals surface area contributed by atoms with Gasteiger partial charge in [0.2, 0.25) is 5.91 Å². The van der Waals surface area contributed by atoms with E-state index in [0.717, 1.165) is 19.0 Å². The number of nitrogens with two attached hydrogens (primary N) is 1. The normalized spacial score (nSPS) is 16.6. The smallest absolute Gasteiger partial charge is 0.241 e. The number of nitrogens with zero attached hydrogens (tertiary/aromatic N) is 1. The third-order valence-corrected chi connectivity index (χ3v) is 4.56. The fourth-order valence-electron chi connectivity index (χ4n) is 2.62. The van der Waals surface area contributed by atoms with Crippen molar-refractivity contribution in [3.8, 4) is 0 Å². The second kappa shape index (κ2) is 7.14. The molecule has 0 bridgehead atoms. The lowest BCUT2D eigenvalue weighted by molar-refractivity contribution is -0.121. The molecule has 116 valence electrons. The Kier molecular flexibility index (Phi) is 5.48. The second-order valence-electron chi connectivity index (χ2n) is 5.78. The number of halogens is 1. The van der Waals surface area contributed by atoms with E-state index in [0.29, 0.717) is 16.4 Å². The summed E-state index contributed by atoms with van der Waals surface area (Å²) in [4.78, 5) is 14.6. The summed E-state index contributed by atoms with van der Waals surface area (Å²) in [5, 5.41) is 3.47. The molecule has 3 N–H and O–H groups in total. The van der Waals surface area contributed by atoms with Gasteiger partial charge in [0.15, 0.2) is 0 Å². The molecule has 0 aliphatic heterocycles. The Bertz CT molecular complexity index is 502. The SMILES string of the molecule is CCN(CC1CCC1)C(C)C(=O)Nc1ccc(Cl)cc1N. The predicted octanol–water partition coefficient (Wildman–Crippen LogP) is 3.37. The Morgan fingerprint density at radius 1 is 1.52 bits per heavy atom. The van der Waals surface area contributed by atoms with Crippen molar-refractivity contribution in [1.82, 2.24) is 4.90 Å². The van der Waals surface area contributed by atoms with E-state index >= 15 is 0 Å². The van der Waals surface area contributed by atoms with Crippen LogP contribution in [0.5, 0.6) is 0 Å². The van der Waals surface area contributed by atoms with E-state index in [9.17, 15) is 4.79 Å². The zero-order valence-electron chi connectivity index (χ0n) is 12.7. The monoisotopic (exact) mass is 309 g/mol. The van der Waals surface area contributed by atoms with Crippen LogP contribution in [-0.4, -0.2) is 29.9 Å². The van der Waals surface area contributed by atoms with Gasteiger partial charge in [-0.15, -0.1) is 0 Å². The topological polar surface area (TPSA) is 58.4 Å². The van der Waals surface area contributed by atoms with E-state index < -0.39 is 0 Å². The van der Waals surface area contributed by atoms with E-state index in [4.69, 9.17) is 17.3 Å². The summed E-state index contributed by atoms with van der Waals surface area (Å²) >= 11 is 5.87. The average Bonchev–Trinajstić information content (AvgIpc) is 2.40. The number of carbonyl (C=O) groups excluding carboxylic acids is 1. The minimum Gasteiger partial charge on any atom is -0.397 e. The van der Waals surface area contributed by atoms with Crippen molar-refractivity contribution in [2.75, 3.05) is 24.1 Å². The molecule has 0 aromatic heterocycles. The third-order valence-electron chi connectivity index (χ3n) is 4.32. The van der Waals surface area contributed by atoms with Gasteiger partial charge in [-0.05, 0) is 50.4 Å². The molecule has 1 saturated carbocycles. The molecule has 0 heterocycles. The van der Waals surface area contributed by atoms with Gasteiger partial charge in [-0.2, -0.15) is 0 Å². The van der Waals surface area contributed by atoms with Crippen molar-refractivity contribution >= 4 is 28.9 Å². The number of likely N-dealkylation sites (N-methyl/N-ethyl adjacent to an activating group) is 1. The molecular formula is C16H24ClN3O. The summed E-state index contributed by atoms with van der Waals surface area (Å²) in [6, 6.07) is 4.95. The molecule has 1 unspecified atom stereocenters. The Morgan fingerprint density at radius 3 is 2.76 bits per heavy atom. The number of anilines is 2. The maximum atomic E-state index is 12.4. The van der Waals surface area contributed by atoms with Crippen LogP contribution in [0.4, 0.5) is 11.4 Å². The van der Waals surface area contributed by atoms with Crippen LogP contribution in [0.25, 0.3) is 0 Å². The Labute approximate surface area is 131 Å². The molecule has 1 atom stereocenters. The maximum absolute atomic E-state index is 12.4. The molecule has 5 heteroatoms. The first-order valence-electron chi connectivity index (χ1n) is 7.61. The van der Waals surface area contributed by atoms with Crippen molar-refractivity contribution in [3.63, 3.8) is 0 Å². The summed E-state index contributed by atoms with van der Waals surface area (Å²) in [5.74, 6) is 0.728. The zero-order chi connectivity index (χ0) is 15.4. The fourth-order valence-corrected chi connectivity index (χ4v) is 2.80. The quantitative estimate of drug-likeness (QED) is 0.792. The van der Waals surface area contributed by atoms with Gasteiger partial charge in [0.05, 0.1) is 17.4 Å². The highest BCUT2D eigenvalue weighted by Crippen LogP contribution is 2.28. The van der Waals surface area contributed by atoms with Gasteiger partial charge in [-0.25, -0.2) is 0 Å². The van der Waals surface area contributed by atoms with Crippen molar-refractivity contribution in [1.29, 1.82) is 0 Å². The summed E-state index contributed by atoms with van der Waals surface area (Å²) in [6.45, 7) is 5.92. The van der Waals surface area contributed by atoms with Crippen molar-refractivity contribution in [3.05, 3.63) is 23.2 Å². The first kappa shape index (κ1) is 16.1. The number of rotatable bonds is 6. The minimum absolute atomic E-state index is 0.0230. The first-order chi connectivity index (χ1) is 10.0. The largest absolute Gasteiger partial charge is 0.397 e. The highest BCUT2D eigenvalue weighted by Gasteiger charge is 2.26. The molecule has 1 aromatic carbocycles. The molecule has 0 spiro atoms. The van der Waals surface area contributed by atoms with Crippen molar-refractivity contribution in [2.24, 2.45) is 5.92 Å². The van der Waals surface area contributed by atoms with E-state index in [2.05, 4.69) is 17.1 Å². The van der Waals surface area contributed by atoms with E-state index in [1.165, 1.54) is 19.3 Å². The lowest BCUT2D eigenvalue weighted by atomic mass is 9.85. The Morgan fingerprint density at radius 2 is 2.24 bits per heavy atom. The first-order valence-corrected chi connectivity index (χ1v) is 7.99. The van der Waals surface area contributed by atoms with E-state index in [-0.39, 0.29) is 11.9 Å². The molecule has 1 aliphatic carbocycles. The standard InChI is InChI=1S/C16H24ClN3O/c1-3-20(10-12-5-4-6-12)11(2)16(21)19-15-8-7-13(17)9-14(15)18/h7-9,11-12H,3-6,10,18H2,1-2H3,(H,19,21). The van der Waals surface area contributed by atoms with Gasteiger partial charge in [0.1, 0.15) is 0 Å². The lowest BCUT2D eigenvalue weighted by Gasteiger charge is -2.34. The summed E-state index contributed by atoms with van der Waals surface area (Å²) in [6.07, 6.45) is 3.90. The molecule has 1 aromatic rings. The molecule has 2 rings (SSSR count). The summed E-state index contributed by atoms with van der Waals surface area (Å²) < 4.78 is 0. The summed E-state index contributed by atoms with van der Waals surface area (Å²) in [5.41, 5.74) is 6.99. The molecular weight excluding hydrogens is 286 g/mol. The molecule has 4 nitrogen and oxygen atoms in total. The Hall–Kier alpha value is -1.26. The van der Waals surface area contributed by atoms with Crippen molar-refractivity contribution < 1.29 is 4.79 Å². The maximum Gasteiger partial charge on any atom is 0.241 e. The van der Waals surface area contributed by atoms with Crippen LogP contribution >= 0.6 is 11.6 Å². The Balaban J connectivity index is 1.96.